The summed E-state index contributed by atoms with van der Waals surface area (Å²) < 4.78 is 0. The monoisotopic (exact) mass is 195 g/mol. The van der Waals surface area contributed by atoms with Crippen LogP contribution < -0.4 is 0 Å². The van der Waals surface area contributed by atoms with Crippen LogP contribution in [-0.4, -0.2) is 5.88 Å². The third-order valence-corrected chi connectivity index (χ3v) is 2.19. The van der Waals surface area contributed by atoms with Crippen LogP contribution in [0.2, 0.25) is 0 Å². The first-order valence-electron chi connectivity index (χ1n) is 3.40. The number of nitrogens with zero attached hydrogens (tertiary/aromatic N) is 1. The van der Waals surface area contributed by atoms with Crippen LogP contribution in [0.4, 0.5) is 0 Å². The average molecular weight is 196 g/mol. The summed E-state index contributed by atoms with van der Waals surface area (Å²) in [5, 5.41) is 10.4. The second-order valence-electron chi connectivity index (χ2n) is 2.05. The van der Waals surface area contributed by atoms with Gasteiger partial charge in [0.1, 0.15) is 10.9 Å². The lowest BCUT2D eigenvalue weighted by Gasteiger charge is -1.76. The molecule has 60 valence electrons. The molecule has 1 nitrogen and oxygen atoms in total. The van der Waals surface area contributed by atoms with E-state index in [9.17, 15) is 0 Å². The van der Waals surface area contributed by atoms with Gasteiger partial charge < -0.3 is 0 Å². The third-order valence-electron chi connectivity index (χ3n) is 1.16. The zero-order valence-corrected chi connectivity index (χ0v) is 7.87. The maximum absolute atomic E-state index is 8.51. The minimum absolute atomic E-state index is 0.558. The highest BCUT2D eigenvalue weighted by molar-refractivity contribution is 7.10. The van der Waals surface area contributed by atoms with E-state index in [1.807, 2.05) is 5.38 Å². The predicted octanol–water partition coefficient (Wildman–Crippen LogP) is 2.60. The first kappa shape index (κ1) is 9.13. The fourth-order valence-corrected chi connectivity index (χ4v) is 1.40. The molecule has 0 saturated heterocycles. The Hall–Kier alpha value is -0.960. The number of hydrogen-bond donors (Lipinski definition) is 0. The number of thiophene rings is 1. The molecule has 0 unspecified atom stereocenters. The second kappa shape index (κ2) is 4.83. The second-order valence-corrected chi connectivity index (χ2v) is 3.34. The third kappa shape index (κ3) is 2.58. The van der Waals surface area contributed by atoms with E-state index >= 15 is 0 Å². The molecule has 0 spiro atoms. The summed E-state index contributed by atoms with van der Waals surface area (Å²) in [6.07, 6.45) is 0.694. The molecule has 1 heterocycles. The molecule has 0 aliphatic heterocycles. The van der Waals surface area contributed by atoms with Gasteiger partial charge in [-0.25, -0.2) is 0 Å². The number of halogens is 1. The van der Waals surface area contributed by atoms with E-state index < -0.39 is 0 Å². The SMILES string of the molecule is N#Cc1cc(C#CCCCl)cs1. The lowest BCUT2D eigenvalue weighted by Crippen LogP contribution is -1.68. The molecule has 0 aliphatic carbocycles. The summed E-state index contributed by atoms with van der Waals surface area (Å²) >= 11 is 6.86. The quantitative estimate of drug-likeness (QED) is 0.499. The van der Waals surface area contributed by atoms with Gasteiger partial charge in [0, 0.05) is 23.2 Å². The van der Waals surface area contributed by atoms with Gasteiger partial charge >= 0.3 is 0 Å². The molecule has 12 heavy (non-hydrogen) atoms. The highest BCUT2D eigenvalue weighted by atomic mass is 35.5. The topological polar surface area (TPSA) is 23.8 Å². The Kier molecular flexibility index (Phi) is 3.67. The Morgan fingerprint density at radius 1 is 1.58 bits per heavy atom. The summed E-state index contributed by atoms with van der Waals surface area (Å²) in [5.74, 6) is 6.39. The van der Waals surface area contributed by atoms with Crippen LogP contribution in [0.3, 0.4) is 0 Å². The molecular formula is C9H6ClNS. The van der Waals surface area contributed by atoms with Crippen molar-refractivity contribution in [1.29, 1.82) is 5.26 Å². The van der Waals surface area contributed by atoms with Gasteiger partial charge in [-0.3, -0.25) is 0 Å². The molecule has 1 aromatic heterocycles. The largest absolute Gasteiger partial charge is 0.192 e. The van der Waals surface area contributed by atoms with Gasteiger partial charge in [-0.2, -0.15) is 5.26 Å². The summed E-state index contributed by atoms with van der Waals surface area (Å²) in [5.41, 5.74) is 0.904. The molecule has 0 atom stereocenters. The van der Waals surface area contributed by atoms with Crippen LogP contribution in [0.5, 0.6) is 0 Å². The fourth-order valence-electron chi connectivity index (χ4n) is 0.672. The Morgan fingerprint density at radius 3 is 3.00 bits per heavy atom. The zero-order valence-electron chi connectivity index (χ0n) is 6.30. The first-order chi connectivity index (χ1) is 5.86. The van der Waals surface area contributed by atoms with Gasteiger partial charge in [-0.05, 0) is 6.07 Å². The van der Waals surface area contributed by atoms with Crippen molar-refractivity contribution in [2.75, 3.05) is 5.88 Å². The summed E-state index contributed by atoms with van der Waals surface area (Å²) in [6, 6.07) is 3.85. The minimum atomic E-state index is 0.558. The zero-order chi connectivity index (χ0) is 8.81. The summed E-state index contributed by atoms with van der Waals surface area (Å²) in [7, 11) is 0. The summed E-state index contributed by atoms with van der Waals surface area (Å²) in [4.78, 5) is 0.699. The van der Waals surface area contributed by atoms with E-state index in [2.05, 4.69) is 17.9 Å². The van der Waals surface area contributed by atoms with Crippen LogP contribution in [0.15, 0.2) is 11.4 Å². The van der Waals surface area contributed by atoms with Crippen molar-refractivity contribution in [3.63, 3.8) is 0 Å². The van der Waals surface area contributed by atoms with Crippen LogP contribution >= 0.6 is 22.9 Å². The van der Waals surface area contributed by atoms with Gasteiger partial charge in [0.15, 0.2) is 0 Å². The predicted molar refractivity (Wildman–Crippen MR) is 51.2 cm³/mol. The summed E-state index contributed by atoms with van der Waals surface area (Å²) in [6.45, 7) is 0. The van der Waals surface area contributed by atoms with Crippen molar-refractivity contribution in [3.8, 4) is 17.9 Å². The highest BCUT2D eigenvalue weighted by Gasteiger charge is 1.93. The van der Waals surface area contributed by atoms with E-state index in [1.165, 1.54) is 11.3 Å². The fraction of sp³-hybridized carbons (Fsp3) is 0.222. The highest BCUT2D eigenvalue weighted by Crippen LogP contribution is 2.11. The Morgan fingerprint density at radius 2 is 2.42 bits per heavy atom. The van der Waals surface area contributed by atoms with E-state index in [1.54, 1.807) is 6.07 Å². The number of nitriles is 1. The molecule has 0 aromatic carbocycles. The van der Waals surface area contributed by atoms with Crippen molar-refractivity contribution in [2.24, 2.45) is 0 Å². The molecule has 0 amide bonds. The molecule has 1 aromatic rings. The van der Waals surface area contributed by atoms with E-state index in [4.69, 9.17) is 16.9 Å². The molecule has 0 bridgehead atoms. The lowest BCUT2D eigenvalue weighted by atomic mass is 10.3. The van der Waals surface area contributed by atoms with Gasteiger partial charge in [0.2, 0.25) is 0 Å². The normalized spacial score (nSPS) is 8.33. The van der Waals surface area contributed by atoms with Gasteiger partial charge in [-0.1, -0.05) is 11.8 Å². The molecule has 0 aliphatic rings. The molecule has 0 fully saturated rings. The molecule has 1 rings (SSSR count). The van der Waals surface area contributed by atoms with Crippen LogP contribution in [-0.2, 0) is 0 Å². The van der Waals surface area contributed by atoms with Crippen LogP contribution in [0, 0.1) is 23.2 Å². The van der Waals surface area contributed by atoms with Crippen molar-refractivity contribution < 1.29 is 0 Å². The lowest BCUT2D eigenvalue weighted by molar-refractivity contribution is 1.29. The Balaban J connectivity index is 2.67. The van der Waals surface area contributed by atoms with Gasteiger partial charge in [0.25, 0.3) is 0 Å². The average Bonchev–Trinajstić information content (AvgIpc) is 2.53. The Labute approximate surface area is 80.6 Å². The minimum Gasteiger partial charge on any atom is -0.192 e. The standard InChI is InChI=1S/C9H6ClNS/c10-4-2-1-3-8-5-9(6-11)12-7-8/h5,7H,2,4H2. The van der Waals surface area contributed by atoms with Crippen molar-refractivity contribution in [1.82, 2.24) is 0 Å². The van der Waals surface area contributed by atoms with E-state index in [0.29, 0.717) is 17.2 Å². The number of alkyl halides is 1. The van der Waals surface area contributed by atoms with Gasteiger partial charge in [0.05, 0.1) is 0 Å². The van der Waals surface area contributed by atoms with Crippen molar-refractivity contribution >= 4 is 22.9 Å². The van der Waals surface area contributed by atoms with Crippen LogP contribution in [0.1, 0.15) is 16.9 Å². The smallest absolute Gasteiger partial charge is 0.110 e. The van der Waals surface area contributed by atoms with Crippen molar-refractivity contribution in [3.05, 3.63) is 21.9 Å². The number of hydrogen-bond acceptors (Lipinski definition) is 2. The van der Waals surface area contributed by atoms with E-state index in [-0.39, 0.29) is 0 Å². The molecule has 0 N–H and O–H groups in total. The maximum atomic E-state index is 8.51. The number of rotatable bonds is 1. The first-order valence-corrected chi connectivity index (χ1v) is 4.81. The van der Waals surface area contributed by atoms with Crippen molar-refractivity contribution in [2.45, 2.75) is 6.42 Å². The Bertz CT molecular complexity index is 351. The molecule has 3 heteroatoms. The van der Waals surface area contributed by atoms with Crippen LogP contribution in [0.25, 0.3) is 0 Å². The molecular weight excluding hydrogens is 190 g/mol. The molecule has 0 saturated carbocycles. The molecule has 0 radical (unpaired) electrons. The maximum Gasteiger partial charge on any atom is 0.110 e. The van der Waals surface area contributed by atoms with E-state index in [0.717, 1.165) is 5.56 Å². The van der Waals surface area contributed by atoms with Gasteiger partial charge in [-0.15, -0.1) is 22.9 Å².